The minimum Gasteiger partial charge on any atom is -0.477 e. The van der Waals surface area contributed by atoms with E-state index in [0.29, 0.717) is 14.9 Å². The predicted molar refractivity (Wildman–Crippen MR) is 121 cm³/mol. The highest BCUT2D eigenvalue weighted by molar-refractivity contribution is 7.93. The van der Waals surface area contributed by atoms with Gasteiger partial charge in [-0.25, -0.2) is 8.42 Å². The van der Waals surface area contributed by atoms with Gasteiger partial charge in [-0.2, -0.15) is 4.31 Å². The zero-order chi connectivity index (χ0) is 23.5. The number of amides is 1. The van der Waals surface area contributed by atoms with E-state index < -0.39 is 27.5 Å². The Hall–Kier alpha value is -3.43. The monoisotopic (exact) mass is 474 g/mol. The van der Waals surface area contributed by atoms with Crippen LogP contribution in [0.15, 0.2) is 71.6 Å². The van der Waals surface area contributed by atoms with Gasteiger partial charge in [-0.1, -0.05) is 35.9 Å². The predicted octanol–water partition coefficient (Wildman–Crippen LogP) is 4.67. The van der Waals surface area contributed by atoms with Crippen LogP contribution in [0.5, 0.6) is 5.75 Å². The Morgan fingerprint density at radius 2 is 1.72 bits per heavy atom. The molecule has 0 fully saturated rings. The van der Waals surface area contributed by atoms with Gasteiger partial charge in [0.25, 0.3) is 15.9 Å². The second-order valence-corrected chi connectivity index (χ2v) is 9.14. The molecule has 0 bridgehead atoms. The average Bonchev–Trinajstić information content (AvgIpc) is 2.75. The van der Waals surface area contributed by atoms with E-state index >= 15 is 0 Å². The molecule has 0 aliphatic rings. The quantitative estimate of drug-likeness (QED) is 0.364. The number of nitro groups is 1. The molecular weight excluding hydrogens is 456 g/mol. The first kappa shape index (κ1) is 23.2. The van der Waals surface area contributed by atoms with Crippen molar-refractivity contribution in [1.82, 2.24) is 0 Å². The van der Waals surface area contributed by atoms with Crippen molar-refractivity contribution in [2.24, 2.45) is 0 Å². The lowest BCUT2D eigenvalue weighted by Crippen LogP contribution is -2.40. The third-order valence-electron chi connectivity index (χ3n) is 4.57. The van der Waals surface area contributed by atoms with Crippen LogP contribution in [0.3, 0.4) is 0 Å². The SMILES string of the molecule is Cc1ccc(C)c(N(C(=O)COc2ccccc2[N+](=O)[O-])S(=O)(=O)c2ccc(Cl)cc2)c1. The van der Waals surface area contributed by atoms with Crippen LogP contribution in [0.1, 0.15) is 11.1 Å². The Balaban J connectivity index is 2.03. The molecule has 0 heterocycles. The maximum atomic E-state index is 13.4. The van der Waals surface area contributed by atoms with Crippen molar-refractivity contribution in [3.8, 4) is 5.75 Å². The molecule has 3 aromatic carbocycles. The summed E-state index contributed by atoms with van der Waals surface area (Å²) in [5.41, 5.74) is 1.12. The number of carbonyl (C=O) groups excluding carboxylic acids is 1. The molecule has 0 N–H and O–H groups in total. The van der Waals surface area contributed by atoms with E-state index in [2.05, 4.69) is 0 Å². The highest BCUT2D eigenvalue weighted by atomic mass is 35.5. The molecule has 1 amide bonds. The fourth-order valence-electron chi connectivity index (χ4n) is 2.98. The van der Waals surface area contributed by atoms with Crippen molar-refractivity contribution in [3.63, 3.8) is 0 Å². The standard InChI is InChI=1S/C22H19ClN2O6S/c1-15-7-8-16(2)20(13-15)24(32(29,30)18-11-9-17(23)10-12-18)22(26)14-31-21-6-4-3-5-19(21)25(27)28/h3-13H,14H2,1-2H3. The summed E-state index contributed by atoms with van der Waals surface area (Å²) in [6, 6.07) is 16.0. The number of sulfonamides is 1. The fraction of sp³-hybridized carbons (Fsp3) is 0.136. The van der Waals surface area contributed by atoms with Gasteiger partial charge in [-0.15, -0.1) is 0 Å². The number of nitrogens with zero attached hydrogens (tertiary/aromatic N) is 2. The topological polar surface area (TPSA) is 107 Å². The van der Waals surface area contributed by atoms with Gasteiger partial charge in [0.05, 0.1) is 15.5 Å². The van der Waals surface area contributed by atoms with Crippen LogP contribution in [-0.4, -0.2) is 25.9 Å². The zero-order valence-electron chi connectivity index (χ0n) is 17.2. The number of nitro benzene ring substituents is 1. The fourth-order valence-corrected chi connectivity index (χ4v) is 4.57. The van der Waals surface area contributed by atoms with E-state index in [1.54, 1.807) is 32.0 Å². The second-order valence-electron chi connectivity index (χ2n) is 6.92. The van der Waals surface area contributed by atoms with Crippen LogP contribution in [0, 0.1) is 24.0 Å². The Bertz CT molecular complexity index is 1280. The minimum atomic E-state index is -4.33. The molecule has 10 heteroatoms. The molecule has 3 aromatic rings. The van der Waals surface area contributed by atoms with Crippen molar-refractivity contribution < 1.29 is 22.9 Å². The van der Waals surface area contributed by atoms with E-state index in [4.69, 9.17) is 16.3 Å². The summed E-state index contributed by atoms with van der Waals surface area (Å²) in [5.74, 6) is -1.05. The van der Waals surface area contributed by atoms with Gasteiger partial charge < -0.3 is 4.74 Å². The van der Waals surface area contributed by atoms with Crippen molar-refractivity contribution >= 4 is 38.9 Å². The second kappa shape index (κ2) is 9.37. The third-order valence-corrected chi connectivity index (χ3v) is 6.58. The highest BCUT2D eigenvalue weighted by Crippen LogP contribution is 2.30. The van der Waals surface area contributed by atoms with Crippen LogP contribution < -0.4 is 9.04 Å². The molecule has 3 rings (SSSR count). The Labute approximate surface area is 190 Å². The number of hydrogen-bond donors (Lipinski definition) is 0. The van der Waals surface area contributed by atoms with Gasteiger partial charge in [0, 0.05) is 11.1 Å². The number of carbonyl (C=O) groups is 1. The molecule has 32 heavy (non-hydrogen) atoms. The van der Waals surface area contributed by atoms with Crippen LogP contribution >= 0.6 is 11.6 Å². The first-order valence-corrected chi connectivity index (χ1v) is 11.2. The Morgan fingerprint density at radius 3 is 2.38 bits per heavy atom. The minimum absolute atomic E-state index is 0.137. The number of benzene rings is 3. The van der Waals surface area contributed by atoms with Gasteiger partial charge in [-0.3, -0.25) is 14.9 Å². The summed E-state index contributed by atoms with van der Waals surface area (Å²) < 4.78 is 32.9. The van der Waals surface area contributed by atoms with Gasteiger partial charge >= 0.3 is 5.69 Å². The normalized spacial score (nSPS) is 11.1. The van der Waals surface area contributed by atoms with Gasteiger partial charge in [0.1, 0.15) is 0 Å². The summed E-state index contributed by atoms with van der Waals surface area (Å²) in [6.45, 7) is 2.71. The number of rotatable bonds is 7. The van der Waals surface area contributed by atoms with E-state index in [1.807, 2.05) is 0 Å². The van der Waals surface area contributed by atoms with Crippen molar-refractivity contribution in [2.45, 2.75) is 18.7 Å². The van der Waals surface area contributed by atoms with Gasteiger partial charge in [-0.05, 0) is 61.4 Å². The van der Waals surface area contributed by atoms with Crippen LogP contribution in [0.25, 0.3) is 0 Å². The summed E-state index contributed by atoms with van der Waals surface area (Å²) in [4.78, 5) is 23.6. The number of halogens is 1. The molecular formula is C22H19ClN2O6S. The van der Waals surface area contributed by atoms with E-state index in [9.17, 15) is 23.3 Å². The first-order valence-electron chi connectivity index (χ1n) is 9.38. The molecule has 0 aliphatic heterocycles. The van der Waals surface area contributed by atoms with Crippen molar-refractivity contribution in [3.05, 3.63) is 93.0 Å². The average molecular weight is 475 g/mol. The lowest BCUT2D eigenvalue weighted by atomic mass is 10.1. The molecule has 0 atom stereocenters. The first-order chi connectivity index (χ1) is 15.1. The Kier molecular flexibility index (Phi) is 6.81. The number of para-hydroxylation sites is 2. The lowest BCUT2D eigenvalue weighted by molar-refractivity contribution is -0.385. The van der Waals surface area contributed by atoms with Crippen LogP contribution in [-0.2, 0) is 14.8 Å². The van der Waals surface area contributed by atoms with Gasteiger partial charge in [0.2, 0.25) is 0 Å². The van der Waals surface area contributed by atoms with Crippen LogP contribution in [0.2, 0.25) is 5.02 Å². The smallest absolute Gasteiger partial charge is 0.310 e. The molecule has 0 aliphatic carbocycles. The maximum Gasteiger partial charge on any atom is 0.310 e. The number of ether oxygens (including phenoxy) is 1. The summed E-state index contributed by atoms with van der Waals surface area (Å²) in [7, 11) is -4.33. The summed E-state index contributed by atoms with van der Waals surface area (Å²) in [6.07, 6.45) is 0. The number of aryl methyl sites for hydroxylation is 2. The maximum absolute atomic E-state index is 13.4. The van der Waals surface area contributed by atoms with E-state index in [1.165, 1.54) is 48.5 Å². The highest BCUT2D eigenvalue weighted by Gasteiger charge is 2.33. The summed E-state index contributed by atoms with van der Waals surface area (Å²) >= 11 is 5.87. The summed E-state index contributed by atoms with van der Waals surface area (Å²) in [5, 5.41) is 11.5. The van der Waals surface area contributed by atoms with E-state index in [0.717, 1.165) is 5.56 Å². The molecule has 0 unspecified atom stereocenters. The molecule has 166 valence electrons. The molecule has 0 spiro atoms. The molecule has 0 aromatic heterocycles. The number of anilines is 1. The van der Waals surface area contributed by atoms with E-state index in [-0.39, 0.29) is 22.0 Å². The van der Waals surface area contributed by atoms with Crippen molar-refractivity contribution in [2.75, 3.05) is 10.9 Å². The third kappa shape index (κ3) is 4.90. The molecule has 8 nitrogen and oxygen atoms in total. The molecule has 0 saturated carbocycles. The number of hydrogen-bond acceptors (Lipinski definition) is 6. The Morgan fingerprint density at radius 1 is 1.06 bits per heavy atom. The lowest BCUT2D eigenvalue weighted by Gasteiger charge is -2.24. The molecule has 0 saturated heterocycles. The zero-order valence-corrected chi connectivity index (χ0v) is 18.8. The van der Waals surface area contributed by atoms with Gasteiger partial charge in [0.15, 0.2) is 12.4 Å². The largest absolute Gasteiger partial charge is 0.477 e. The molecule has 0 radical (unpaired) electrons. The van der Waals surface area contributed by atoms with Crippen LogP contribution in [0.4, 0.5) is 11.4 Å². The van der Waals surface area contributed by atoms with Crippen molar-refractivity contribution in [1.29, 1.82) is 0 Å².